The highest BCUT2D eigenvalue weighted by Crippen LogP contribution is 2.29. The van der Waals surface area contributed by atoms with Crippen molar-refractivity contribution >= 4 is 5.91 Å². The molecule has 0 aliphatic heterocycles. The number of amides is 1. The number of hydrogen-bond donors (Lipinski definition) is 2. The van der Waals surface area contributed by atoms with Crippen LogP contribution >= 0.6 is 0 Å². The fraction of sp³-hybridized carbons (Fsp3) is 0.364. The normalized spacial score (nSPS) is 19.1. The molecule has 2 heterocycles. The first-order valence-electron chi connectivity index (χ1n) is 10.1. The molecule has 29 heavy (non-hydrogen) atoms. The molecule has 1 amide bonds. The Balaban J connectivity index is 1.30. The minimum atomic E-state index is -0.00299. The molecule has 0 spiro atoms. The first-order chi connectivity index (χ1) is 14.2. The van der Waals surface area contributed by atoms with Crippen LogP contribution in [-0.4, -0.2) is 38.2 Å². The maximum absolute atomic E-state index is 12.5. The van der Waals surface area contributed by atoms with Gasteiger partial charge < -0.3 is 11.1 Å². The predicted molar refractivity (Wildman–Crippen MR) is 111 cm³/mol. The number of carbonyl (C=O) groups excluding carboxylic acids is 1. The van der Waals surface area contributed by atoms with Gasteiger partial charge in [0, 0.05) is 35.8 Å². The Bertz CT molecular complexity index is 929. The highest BCUT2D eigenvalue weighted by atomic mass is 16.1. The van der Waals surface area contributed by atoms with E-state index in [1.807, 2.05) is 41.3 Å². The van der Waals surface area contributed by atoms with Crippen LogP contribution in [0, 0.1) is 0 Å². The minimum Gasteiger partial charge on any atom is -0.349 e. The number of carbonyl (C=O) groups is 1. The molecule has 1 aromatic carbocycles. The molecule has 1 saturated carbocycles. The molecule has 7 heteroatoms. The Hall–Kier alpha value is -3.06. The fourth-order valence-corrected chi connectivity index (χ4v) is 3.86. The Morgan fingerprint density at radius 2 is 1.90 bits per heavy atom. The number of nitrogens with one attached hydrogen (secondary N) is 1. The summed E-state index contributed by atoms with van der Waals surface area (Å²) in [5.74, 6) is -0.00299. The summed E-state index contributed by atoms with van der Waals surface area (Å²) in [6.45, 7) is 0.616. The maximum Gasteiger partial charge on any atom is 0.251 e. The summed E-state index contributed by atoms with van der Waals surface area (Å²) in [5, 5.41) is 7.70. The van der Waals surface area contributed by atoms with Crippen molar-refractivity contribution in [2.45, 2.75) is 44.2 Å². The van der Waals surface area contributed by atoms with Gasteiger partial charge in [0.1, 0.15) is 0 Å². The summed E-state index contributed by atoms with van der Waals surface area (Å²) in [6, 6.07) is 8.27. The van der Waals surface area contributed by atoms with Gasteiger partial charge in [-0.2, -0.15) is 5.10 Å². The van der Waals surface area contributed by atoms with Gasteiger partial charge in [-0.25, -0.2) is 0 Å². The van der Waals surface area contributed by atoms with Gasteiger partial charge in [0.05, 0.1) is 24.1 Å². The van der Waals surface area contributed by atoms with Crippen LogP contribution in [0.25, 0.3) is 11.3 Å². The van der Waals surface area contributed by atoms with Crippen molar-refractivity contribution in [3.63, 3.8) is 0 Å². The first-order valence-corrected chi connectivity index (χ1v) is 10.1. The summed E-state index contributed by atoms with van der Waals surface area (Å²) in [4.78, 5) is 21.0. The van der Waals surface area contributed by atoms with Crippen LogP contribution < -0.4 is 11.1 Å². The van der Waals surface area contributed by atoms with E-state index in [0.717, 1.165) is 48.9 Å². The Morgan fingerprint density at radius 1 is 1.10 bits per heavy atom. The monoisotopic (exact) mass is 390 g/mol. The molecule has 0 unspecified atom stereocenters. The van der Waals surface area contributed by atoms with E-state index in [4.69, 9.17) is 5.73 Å². The summed E-state index contributed by atoms with van der Waals surface area (Å²) >= 11 is 0. The zero-order valence-electron chi connectivity index (χ0n) is 16.4. The van der Waals surface area contributed by atoms with Gasteiger partial charge in [0.15, 0.2) is 0 Å². The van der Waals surface area contributed by atoms with E-state index in [9.17, 15) is 4.79 Å². The molecule has 0 bridgehead atoms. The van der Waals surface area contributed by atoms with Gasteiger partial charge in [0.2, 0.25) is 0 Å². The van der Waals surface area contributed by atoms with Crippen molar-refractivity contribution < 1.29 is 4.79 Å². The molecule has 0 saturated heterocycles. The smallest absolute Gasteiger partial charge is 0.251 e. The molecule has 7 nitrogen and oxygen atoms in total. The molecule has 0 radical (unpaired) electrons. The number of hydrogen-bond acceptors (Lipinski definition) is 5. The zero-order chi connectivity index (χ0) is 20.1. The molecule has 1 fully saturated rings. The SMILES string of the molecule is NCCc1ccc(C(=O)NC2CCC(n3cc(-c4cnccn4)cn3)CC2)cc1. The number of benzene rings is 1. The van der Waals surface area contributed by atoms with Gasteiger partial charge in [-0.05, 0) is 56.3 Å². The third-order valence-electron chi connectivity index (χ3n) is 5.52. The van der Waals surface area contributed by atoms with Gasteiger partial charge in [-0.15, -0.1) is 0 Å². The maximum atomic E-state index is 12.5. The standard InChI is InChI=1S/C22H26N6O/c23-10-9-16-1-3-17(4-2-16)22(29)27-19-5-7-20(8-6-19)28-15-18(13-26-28)21-14-24-11-12-25-21/h1-4,11-15,19-20H,5-10,23H2,(H,27,29). The van der Waals surface area contributed by atoms with Crippen LogP contribution in [-0.2, 0) is 6.42 Å². The average Bonchev–Trinajstić information content (AvgIpc) is 3.26. The van der Waals surface area contributed by atoms with Crippen molar-refractivity contribution in [3.8, 4) is 11.3 Å². The van der Waals surface area contributed by atoms with Crippen molar-refractivity contribution in [2.24, 2.45) is 5.73 Å². The van der Waals surface area contributed by atoms with Crippen LogP contribution in [0.5, 0.6) is 0 Å². The first kappa shape index (κ1) is 19.3. The van der Waals surface area contributed by atoms with Crippen LogP contribution in [0.2, 0.25) is 0 Å². The Morgan fingerprint density at radius 3 is 2.59 bits per heavy atom. The second-order valence-corrected chi connectivity index (χ2v) is 7.51. The van der Waals surface area contributed by atoms with Gasteiger partial charge in [-0.3, -0.25) is 19.4 Å². The lowest BCUT2D eigenvalue weighted by Crippen LogP contribution is -2.38. The summed E-state index contributed by atoms with van der Waals surface area (Å²) in [5.41, 5.74) is 9.24. The van der Waals surface area contributed by atoms with E-state index in [1.165, 1.54) is 0 Å². The van der Waals surface area contributed by atoms with E-state index < -0.39 is 0 Å². The van der Waals surface area contributed by atoms with Crippen molar-refractivity contribution in [2.75, 3.05) is 6.54 Å². The van der Waals surface area contributed by atoms with Crippen LogP contribution in [0.15, 0.2) is 55.2 Å². The highest BCUT2D eigenvalue weighted by Gasteiger charge is 2.24. The lowest BCUT2D eigenvalue weighted by molar-refractivity contribution is 0.0921. The number of aromatic nitrogens is 4. The highest BCUT2D eigenvalue weighted by molar-refractivity contribution is 5.94. The molecule has 3 N–H and O–H groups in total. The van der Waals surface area contributed by atoms with E-state index in [0.29, 0.717) is 18.2 Å². The lowest BCUT2D eigenvalue weighted by Gasteiger charge is -2.29. The Kier molecular flexibility index (Phi) is 5.95. The minimum absolute atomic E-state index is 0.00299. The van der Waals surface area contributed by atoms with Crippen molar-refractivity contribution in [1.82, 2.24) is 25.1 Å². The molecule has 2 aromatic heterocycles. The third-order valence-corrected chi connectivity index (χ3v) is 5.52. The zero-order valence-corrected chi connectivity index (χ0v) is 16.4. The Labute approximate surface area is 170 Å². The topological polar surface area (TPSA) is 98.7 Å². The summed E-state index contributed by atoms with van der Waals surface area (Å²) in [6.07, 6.45) is 13.7. The van der Waals surface area contributed by atoms with Crippen molar-refractivity contribution in [1.29, 1.82) is 0 Å². The number of nitrogens with two attached hydrogens (primary N) is 1. The lowest BCUT2D eigenvalue weighted by atomic mass is 9.91. The van der Waals surface area contributed by atoms with Gasteiger partial charge in [-0.1, -0.05) is 12.1 Å². The summed E-state index contributed by atoms with van der Waals surface area (Å²) in [7, 11) is 0. The molecule has 150 valence electrons. The predicted octanol–water partition coefficient (Wildman–Crippen LogP) is 2.75. The van der Waals surface area contributed by atoms with Gasteiger partial charge in [0.25, 0.3) is 5.91 Å². The third kappa shape index (κ3) is 4.68. The molecule has 0 atom stereocenters. The van der Waals surface area contributed by atoms with Crippen LogP contribution in [0.4, 0.5) is 0 Å². The quantitative estimate of drug-likeness (QED) is 0.674. The molecule has 1 aliphatic carbocycles. The van der Waals surface area contributed by atoms with Crippen molar-refractivity contribution in [3.05, 3.63) is 66.4 Å². The van der Waals surface area contributed by atoms with E-state index in [2.05, 4.69) is 20.4 Å². The fourth-order valence-electron chi connectivity index (χ4n) is 3.86. The second kappa shape index (κ2) is 8.96. The number of rotatable bonds is 6. The van der Waals surface area contributed by atoms with E-state index in [1.54, 1.807) is 18.6 Å². The molecule has 1 aliphatic rings. The largest absolute Gasteiger partial charge is 0.349 e. The van der Waals surface area contributed by atoms with E-state index >= 15 is 0 Å². The van der Waals surface area contributed by atoms with Gasteiger partial charge >= 0.3 is 0 Å². The average molecular weight is 390 g/mol. The van der Waals surface area contributed by atoms with Crippen LogP contribution in [0.1, 0.15) is 47.6 Å². The van der Waals surface area contributed by atoms with E-state index in [-0.39, 0.29) is 11.9 Å². The second-order valence-electron chi connectivity index (χ2n) is 7.51. The summed E-state index contributed by atoms with van der Waals surface area (Å²) < 4.78 is 2.03. The molecular weight excluding hydrogens is 364 g/mol. The number of nitrogens with zero attached hydrogens (tertiary/aromatic N) is 4. The molecular formula is C22H26N6O. The van der Waals surface area contributed by atoms with Crippen LogP contribution in [0.3, 0.4) is 0 Å². The molecule has 4 rings (SSSR count). The molecule has 3 aromatic rings.